The Hall–Kier alpha value is -1.56. The number of aromatic nitrogens is 1. The van der Waals surface area contributed by atoms with Crippen molar-refractivity contribution in [1.82, 2.24) is 4.98 Å². The second-order valence-corrected chi connectivity index (χ2v) is 7.90. The van der Waals surface area contributed by atoms with E-state index in [2.05, 4.69) is 9.88 Å². The summed E-state index contributed by atoms with van der Waals surface area (Å²) in [5.41, 5.74) is 1.58. The van der Waals surface area contributed by atoms with Gasteiger partial charge in [-0.3, -0.25) is 0 Å². The van der Waals surface area contributed by atoms with E-state index in [0.29, 0.717) is 12.6 Å². The van der Waals surface area contributed by atoms with Gasteiger partial charge < -0.3 is 9.32 Å². The Balaban J connectivity index is 1.75. The number of rotatable bonds is 1. The van der Waals surface area contributed by atoms with Crippen molar-refractivity contribution in [3.05, 3.63) is 24.3 Å². The molecule has 2 fully saturated rings. The van der Waals surface area contributed by atoms with Crippen LogP contribution in [0.4, 0.5) is 6.01 Å². The summed E-state index contributed by atoms with van der Waals surface area (Å²) < 4.78 is 30.1. The van der Waals surface area contributed by atoms with E-state index in [4.69, 9.17) is 4.42 Å². The minimum atomic E-state index is -2.94. The molecule has 0 spiro atoms. The van der Waals surface area contributed by atoms with Gasteiger partial charge in [-0.1, -0.05) is 12.1 Å². The van der Waals surface area contributed by atoms with E-state index >= 15 is 0 Å². The van der Waals surface area contributed by atoms with Crippen LogP contribution in [0, 0.1) is 0 Å². The van der Waals surface area contributed by atoms with E-state index in [0.717, 1.165) is 30.4 Å². The molecule has 2 aliphatic rings. The van der Waals surface area contributed by atoms with Crippen molar-refractivity contribution in [2.24, 2.45) is 0 Å². The fourth-order valence-corrected chi connectivity index (χ4v) is 5.49. The van der Waals surface area contributed by atoms with Crippen LogP contribution in [0.25, 0.3) is 11.1 Å². The SMILES string of the molecule is O=S1(=O)CCN(c2nc3ccccc3o2)C2CCCC21. The van der Waals surface area contributed by atoms with Crippen molar-refractivity contribution in [3.63, 3.8) is 0 Å². The number of sulfone groups is 1. The van der Waals surface area contributed by atoms with Crippen molar-refractivity contribution in [2.75, 3.05) is 17.2 Å². The third kappa shape index (κ3) is 1.74. The van der Waals surface area contributed by atoms with Crippen molar-refractivity contribution >= 4 is 27.0 Å². The van der Waals surface area contributed by atoms with Gasteiger partial charge in [0, 0.05) is 6.54 Å². The van der Waals surface area contributed by atoms with Crippen LogP contribution in [0.3, 0.4) is 0 Å². The molecule has 0 N–H and O–H groups in total. The maximum Gasteiger partial charge on any atom is 0.298 e. The van der Waals surface area contributed by atoms with Gasteiger partial charge >= 0.3 is 0 Å². The van der Waals surface area contributed by atoms with Crippen molar-refractivity contribution in [3.8, 4) is 0 Å². The minimum Gasteiger partial charge on any atom is -0.423 e. The molecule has 0 bridgehead atoms. The van der Waals surface area contributed by atoms with Gasteiger partial charge in [-0.25, -0.2) is 8.42 Å². The predicted octanol–water partition coefficient (Wildman–Crippen LogP) is 1.98. The van der Waals surface area contributed by atoms with Crippen LogP contribution in [0.1, 0.15) is 19.3 Å². The van der Waals surface area contributed by atoms with Gasteiger partial charge in [-0.15, -0.1) is 0 Å². The van der Waals surface area contributed by atoms with Gasteiger partial charge in [0.15, 0.2) is 15.4 Å². The molecule has 6 heteroatoms. The summed E-state index contributed by atoms with van der Waals surface area (Å²) in [6.45, 7) is 0.482. The first kappa shape index (κ1) is 12.2. The lowest BCUT2D eigenvalue weighted by atomic mass is 10.2. The third-order valence-electron chi connectivity index (χ3n) is 4.42. The summed E-state index contributed by atoms with van der Waals surface area (Å²) in [6.07, 6.45) is 2.64. The topological polar surface area (TPSA) is 63.4 Å². The monoisotopic (exact) mass is 292 g/mol. The van der Waals surface area contributed by atoms with Crippen LogP contribution < -0.4 is 4.90 Å². The third-order valence-corrected chi connectivity index (χ3v) is 6.65. The fraction of sp³-hybridized carbons (Fsp3) is 0.500. The van der Waals surface area contributed by atoms with Crippen molar-refractivity contribution < 1.29 is 12.8 Å². The maximum absolute atomic E-state index is 12.1. The Labute approximate surface area is 117 Å². The van der Waals surface area contributed by atoms with Gasteiger partial charge in [0.05, 0.1) is 17.0 Å². The number of benzene rings is 1. The number of para-hydroxylation sites is 2. The van der Waals surface area contributed by atoms with E-state index in [1.807, 2.05) is 24.3 Å². The predicted molar refractivity (Wildman–Crippen MR) is 76.6 cm³/mol. The van der Waals surface area contributed by atoms with E-state index in [9.17, 15) is 8.42 Å². The summed E-state index contributed by atoms with van der Waals surface area (Å²) in [5, 5.41) is -0.244. The van der Waals surface area contributed by atoms with Gasteiger partial charge in [0.2, 0.25) is 0 Å². The van der Waals surface area contributed by atoms with Crippen LogP contribution >= 0.6 is 0 Å². The average molecular weight is 292 g/mol. The second-order valence-electron chi connectivity index (χ2n) is 5.56. The molecule has 1 saturated carbocycles. The highest BCUT2D eigenvalue weighted by atomic mass is 32.2. The molecule has 1 aromatic carbocycles. The lowest BCUT2D eigenvalue weighted by Gasteiger charge is -2.36. The molecule has 1 aromatic heterocycles. The minimum absolute atomic E-state index is 0.0295. The molecular formula is C14H16N2O3S. The van der Waals surface area contributed by atoms with E-state index in [1.54, 1.807) is 0 Å². The Morgan fingerprint density at radius 1 is 1.25 bits per heavy atom. The largest absolute Gasteiger partial charge is 0.423 e. The molecule has 0 radical (unpaired) electrons. The number of oxazole rings is 1. The molecule has 5 nitrogen and oxygen atoms in total. The summed E-state index contributed by atoms with van der Waals surface area (Å²) in [4.78, 5) is 6.56. The van der Waals surface area contributed by atoms with E-state index in [-0.39, 0.29) is 17.0 Å². The summed E-state index contributed by atoms with van der Waals surface area (Å²) >= 11 is 0. The van der Waals surface area contributed by atoms with Crippen LogP contribution in [0.15, 0.2) is 28.7 Å². The van der Waals surface area contributed by atoms with Crippen LogP contribution in [-0.4, -0.2) is 37.0 Å². The number of anilines is 1. The zero-order valence-corrected chi connectivity index (χ0v) is 11.8. The maximum atomic E-state index is 12.1. The number of hydrogen-bond acceptors (Lipinski definition) is 5. The molecule has 1 aliphatic carbocycles. The average Bonchev–Trinajstić information content (AvgIpc) is 3.05. The zero-order valence-electron chi connectivity index (χ0n) is 11.0. The van der Waals surface area contributed by atoms with Gasteiger partial charge in [0.25, 0.3) is 6.01 Å². The first-order valence-electron chi connectivity index (χ1n) is 6.99. The molecule has 2 atom stereocenters. The first-order chi connectivity index (χ1) is 9.65. The molecule has 2 unspecified atom stereocenters. The molecule has 1 saturated heterocycles. The quantitative estimate of drug-likeness (QED) is 0.804. The summed E-state index contributed by atoms with van der Waals surface area (Å²) in [5.74, 6) is 0.201. The smallest absolute Gasteiger partial charge is 0.298 e. The number of nitrogens with zero attached hydrogens (tertiary/aromatic N) is 2. The van der Waals surface area contributed by atoms with Crippen LogP contribution in [0.5, 0.6) is 0 Å². The second kappa shape index (κ2) is 4.22. The number of hydrogen-bond donors (Lipinski definition) is 0. The molecule has 2 aromatic rings. The molecule has 106 valence electrons. The van der Waals surface area contributed by atoms with E-state index < -0.39 is 9.84 Å². The Kier molecular flexibility index (Phi) is 2.57. The molecule has 0 amide bonds. The van der Waals surface area contributed by atoms with Gasteiger partial charge in [-0.2, -0.15) is 4.98 Å². The molecular weight excluding hydrogens is 276 g/mol. The highest BCUT2D eigenvalue weighted by Crippen LogP contribution is 2.36. The van der Waals surface area contributed by atoms with Crippen molar-refractivity contribution in [1.29, 1.82) is 0 Å². The lowest BCUT2D eigenvalue weighted by molar-refractivity contribution is 0.491. The molecule has 2 heterocycles. The van der Waals surface area contributed by atoms with Crippen LogP contribution in [0.2, 0.25) is 0 Å². The highest BCUT2D eigenvalue weighted by Gasteiger charge is 2.45. The summed E-state index contributed by atoms with van der Waals surface area (Å²) in [7, 11) is -2.94. The first-order valence-corrected chi connectivity index (χ1v) is 8.70. The Bertz CT molecular complexity index is 720. The molecule has 1 aliphatic heterocycles. The van der Waals surface area contributed by atoms with E-state index in [1.165, 1.54) is 0 Å². The van der Waals surface area contributed by atoms with Crippen molar-refractivity contribution in [2.45, 2.75) is 30.6 Å². The van der Waals surface area contributed by atoms with Crippen LogP contribution in [-0.2, 0) is 9.84 Å². The Morgan fingerprint density at radius 3 is 2.95 bits per heavy atom. The normalized spacial score (nSPS) is 28.7. The number of fused-ring (bicyclic) bond motifs is 2. The van der Waals surface area contributed by atoms with Gasteiger partial charge in [0.1, 0.15) is 5.52 Å². The summed E-state index contributed by atoms with van der Waals surface area (Å²) in [6, 6.07) is 8.23. The fourth-order valence-electron chi connectivity index (χ4n) is 3.45. The standard InChI is InChI=1S/C14H16N2O3S/c17-20(18)9-8-16(11-5-3-7-13(11)20)14-15-10-4-1-2-6-12(10)19-14/h1-2,4,6,11,13H,3,5,7-9H2. The molecule has 4 rings (SSSR count). The zero-order chi connectivity index (χ0) is 13.7. The van der Waals surface area contributed by atoms with Gasteiger partial charge in [-0.05, 0) is 31.4 Å². The lowest BCUT2D eigenvalue weighted by Crippen LogP contribution is -2.52. The molecule has 20 heavy (non-hydrogen) atoms. The highest BCUT2D eigenvalue weighted by molar-refractivity contribution is 7.92. The Morgan fingerprint density at radius 2 is 2.10 bits per heavy atom.